The number of hydrogen-bond acceptors (Lipinski definition) is 5. The molecule has 0 fully saturated rings. The second-order valence-electron chi connectivity index (χ2n) is 5.68. The first-order chi connectivity index (χ1) is 10.8. The van der Waals surface area contributed by atoms with Gasteiger partial charge in [0.2, 0.25) is 5.91 Å². The topological polar surface area (TPSA) is 94.9 Å². The van der Waals surface area contributed by atoms with Crippen LogP contribution in [0.1, 0.15) is 25.0 Å². The average Bonchev–Trinajstić information content (AvgIpc) is 2.50. The van der Waals surface area contributed by atoms with Gasteiger partial charge in [0.25, 0.3) is 0 Å². The molecule has 0 radical (unpaired) electrons. The number of carboxylic acid groups (broad SMARTS) is 1. The molecule has 1 aliphatic rings. The highest BCUT2D eigenvalue weighted by Gasteiger charge is 2.36. The molecule has 1 aromatic rings. The SMILES string of the molecule is CC(=O)SCC(C)C(=O)N1Cc2ccc(O)cc2CC1C(=O)O. The van der Waals surface area contributed by atoms with Crippen LogP contribution in [-0.4, -0.2) is 43.9 Å². The number of carbonyl (C=O) groups excluding carboxylic acids is 2. The summed E-state index contributed by atoms with van der Waals surface area (Å²) in [5.41, 5.74) is 1.58. The smallest absolute Gasteiger partial charge is 0.326 e. The molecule has 2 unspecified atom stereocenters. The van der Waals surface area contributed by atoms with Gasteiger partial charge in [0.1, 0.15) is 11.8 Å². The molecule has 124 valence electrons. The van der Waals surface area contributed by atoms with Crippen LogP contribution in [0.3, 0.4) is 0 Å². The number of phenolic OH excluding ortho intramolecular Hbond substituents is 1. The number of rotatable bonds is 4. The maximum Gasteiger partial charge on any atom is 0.326 e. The van der Waals surface area contributed by atoms with E-state index in [0.29, 0.717) is 5.75 Å². The van der Waals surface area contributed by atoms with E-state index < -0.39 is 17.9 Å². The third-order valence-electron chi connectivity index (χ3n) is 3.85. The van der Waals surface area contributed by atoms with E-state index in [1.165, 1.54) is 17.9 Å². The van der Waals surface area contributed by atoms with E-state index in [-0.39, 0.29) is 29.7 Å². The number of thioether (sulfide) groups is 1. The lowest BCUT2D eigenvalue weighted by Crippen LogP contribution is -2.50. The van der Waals surface area contributed by atoms with Crippen LogP contribution in [0.25, 0.3) is 0 Å². The fourth-order valence-electron chi connectivity index (χ4n) is 2.62. The molecule has 0 bridgehead atoms. The van der Waals surface area contributed by atoms with Gasteiger partial charge in [0.15, 0.2) is 5.12 Å². The minimum absolute atomic E-state index is 0.0705. The highest BCUT2D eigenvalue weighted by atomic mass is 32.2. The number of aromatic hydroxyl groups is 1. The highest BCUT2D eigenvalue weighted by Crippen LogP contribution is 2.28. The van der Waals surface area contributed by atoms with Crippen molar-refractivity contribution in [3.8, 4) is 5.75 Å². The standard InChI is InChI=1S/C16H19NO5S/c1-9(8-23-10(2)18)15(20)17-7-11-3-4-13(19)5-12(11)6-14(17)16(21)22/h3-5,9,14,19H,6-8H2,1-2H3,(H,21,22). The van der Waals surface area contributed by atoms with Gasteiger partial charge in [0, 0.05) is 31.6 Å². The molecule has 1 amide bonds. The van der Waals surface area contributed by atoms with E-state index in [4.69, 9.17) is 0 Å². The lowest BCUT2D eigenvalue weighted by Gasteiger charge is -2.36. The monoisotopic (exact) mass is 337 g/mol. The van der Waals surface area contributed by atoms with Gasteiger partial charge in [-0.2, -0.15) is 0 Å². The molecule has 2 atom stereocenters. The number of carbonyl (C=O) groups is 3. The summed E-state index contributed by atoms with van der Waals surface area (Å²) in [6, 6.07) is 3.82. The van der Waals surface area contributed by atoms with Crippen molar-refractivity contribution < 1.29 is 24.6 Å². The van der Waals surface area contributed by atoms with Gasteiger partial charge in [-0.1, -0.05) is 24.8 Å². The van der Waals surface area contributed by atoms with Gasteiger partial charge < -0.3 is 15.1 Å². The maximum absolute atomic E-state index is 12.6. The van der Waals surface area contributed by atoms with E-state index in [1.807, 2.05) is 0 Å². The Morgan fingerprint density at radius 1 is 1.35 bits per heavy atom. The Labute approximate surface area is 138 Å². The molecule has 0 aromatic heterocycles. The van der Waals surface area contributed by atoms with E-state index in [9.17, 15) is 24.6 Å². The summed E-state index contributed by atoms with van der Waals surface area (Å²) in [5, 5.41) is 18.9. The quantitative estimate of drug-likeness (QED) is 0.867. The zero-order chi connectivity index (χ0) is 17.1. The molecule has 0 spiro atoms. The van der Waals surface area contributed by atoms with E-state index >= 15 is 0 Å². The molecule has 0 saturated heterocycles. The number of carboxylic acids is 1. The Bertz CT molecular complexity index is 645. The number of aliphatic carboxylic acids is 1. The Morgan fingerprint density at radius 3 is 2.65 bits per heavy atom. The minimum Gasteiger partial charge on any atom is -0.508 e. The van der Waals surface area contributed by atoms with Gasteiger partial charge in [-0.3, -0.25) is 9.59 Å². The van der Waals surface area contributed by atoms with Crippen LogP contribution < -0.4 is 0 Å². The van der Waals surface area contributed by atoms with Gasteiger partial charge in [-0.15, -0.1) is 0 Å². The zero-order valence-electron chi connectivity index (χ0n) is 13.0. The Balaban J connectivity index is 2.21. The normalized spacial score (nSPS) is 18.2. The molecule has 0 aliphatic carbocycles. The van der Waals surface area contributed by atoms with Gasteiger partial charge in [0.05, 0.1) is 0 Å². The summed E-state index contributed by atoms with van der Waals surface area (Å²) in [5.74, 6) is -1.37. The summed E-state index contributed by atoms with van der Waals surface area (Å²) < 4.78 is 0. The zero-order valence-corrected chi connectivity index (χ0v) is 13.8. The second kappa shape index (κ2) is 7.04. The average molecular weight is 337 g/mol. The highest BCUT2D eigenvalue weighted by molar-refractivity contribution is 8.13. The summed E-state index contributed by atoms with van der Waals surface area (Å²) >= 11 is 1.06. The van der Waals surface area contributed by atoms with Crippen LogP contribution in [0.4, 0.5) is 0 Å². The number of hydrogen-bond donors (Lipinski definition) is 2. The molecular weight excluding hydrogens is 318 g/mol. The Kier molecular flexibility index (Phi) is 5.30. The molecule has 1 aromatic carbocycles. The summed E-state index contributed by atoms with van der Waals surface area (Å²) in [6.45, 7) is 3.33. The van der Waals surface area contributed by atoms with Crippen LogP contribution in [0.15, 0.2) is 18.2 Å². The van der Waals surface area contributed by atoms with Crippen LogP contribution in [0.5, 0.6) is 5.75 Å². The van der Waals surface area contributed by atoms with Crippen molar-refractivity contribution in [1.82, 2.24) is 4.90 Å². The van der Waals surface area contributed by atoms with Gasteiger partial charge in [-0.05, 0) is 23.3 Å². The lowest BCUT2D eigenvalue weighted by atomic mass is 9.92. The maximum atomic E-state index is 12.6. The number of phenols is 1. The molecule has 2 N–H and O–H groups in total. The molecule has 23 heavy (non-hydrogen) atoms. The summed E-state index contributed by atoms with van der Waals surface area (Å²) in [6.07, 6.45) is 0.164. The number of nitrogens with zero attached hydrogens (tertiary/aromatic N) is 1. The molecule has 1 heterocycles. The van der Waals surface area contributed by atoms with E-state index in [2.05, 4.69) is 0 Å². The van der Waals surface area contributed by atoms with Crippen molar-refractivity contribution in [2.75, 3.05) is 5.75 Å². The first kappa shape index (κ1) is 17.3. The van der Waals surface area contributed by atoms with Crippen molar-refractivity contribution >= 4 is 28.8 Å². The summed E-state index contributed by atoms with van der Waals surface area (Å²) in [7, 11) is 0. The van der Waals surface area contributed by atoms with Crippen molar-refractivity contribution in [3.05, 3.63) is 29.3 Å². The molecule has 7 heteroatoms. The van der Waals surface area contributed by atoms with E-state index in [1.54, 1.807) is 19.1 Å². The van der Waals surface area contributed by atoms with Crippen molar-refractivity contribution in [1.29, 1.82) is 0 Å². The fourth-order valence-corrected chi connectivity index (χ4v) is 3.24. The van der Waals surface area contributed by atoms with Gasteiger partial charge >= 0.3 is 5.97 Å². The third-order valence-corrected chi connectivity index (χ3v) is 4.92. The third kappa shape index (κ3) is 4.04. The number of benzene rings is 1. The molecule has 0 saturated carbocycles. The predicted molar refractivity (Wildman–Crippen MR) is 86.1 cm³/mol. The number of fused-ring (bicyclic) bond motifs is 1. The minimum atomic E-state index is -1.07. The Morgan fingerprint density at radius 2 is 2.04 bits per heavy atom. The number of amides is 1. The van der Waals surface area contributed by atoms with Crippen molar-refractivity contribution in [3.63, 3.8) is 0 Å². The summed E-state index contributed by atoms with van der Waals surface area (Å²) in [4.78, 5) is 36.5. The first-order valence-corrected chi connectivity index (χ1v) is 8.25. The second-order valence-corrected chi connectivity index (χ2v) is 6.88. The van der Waals surface area contributed by atoms with Crippen LogP contribution in [-0.2, 0) is 27.3 Å². The van der Waals surface area contributed by atoms with Gasteiger partial charge in [-0.25, -0.2) is 4.79 Å². The molecule has 2 rings (SSSR count). The van der Waals surface area contributed by atoms with Crippen molar-refractivity contribution in [2.24, 2.45) is 5.92 Å². The Hall–Kier alpha value is -2.02. The first-order valence-electron chi connectivity index (χ1n) is 7.27. The largest absolute Gasteiger partial charge is 0.508 e. The lowest BCUT2D eigenvalue weighted by molar-refractivity contribution is -0.152. The van der Waals surface area contributed by atoms with Crippen LogP contribution in [0, 0.1) is 5.92 Å². The van der Waals surface area contributed by atoms with Crippen LogP contribution in [0.2, 0.25) is 0 Å². The predicted octanol–water partition coefficient (Wildman–Crippen LogP) is 1.65. The molecule has 1 aliphatic heterocycles. The fraction of sp³-hybridized carbons (Fsp3) is 0.438. The van der Waals surface area contributed by atoms with E-state index in [0.717, 1.165) is 22.9 Å². The molecule has 6 nitrogen and oxygen atoms in total. The molecular formula is C16H19NO5S. The van der Waals surface area contributed by atoms with Crippen LogP contribution >= 0.6 is 11.8 Å². The van der Waals surface area contributed by atoms with Crippen molar-refractivity contribution in [2.45, 2.75) is 32.9 Å².